The second-order valence-electron chi connectivity index (χ2n) is 9.32. The maximum atomic E-state index is 12.9. The average molecular weight is 567 g/mol. The van der Waals surface area contributed by atoms with Crippen molar-refractivity contribution in [2.45, 2.75) is 55.8 Å². The number of esters is 2. The van der Waals surface area contributed by atoms with Gasteiger partial charge in [0.15, 0.2) is 6.10 Å². The van der Waals surface area contributed by atoms with Crippen LogP contribution in [0.1, 0.15) is 6.92 Å². The van der Waals surface area contributed by atoms with E-state index in [9.17, 15) is 24.6 Å². The predicted octanol–water partition coefficient (Wildman–Crippen LogP) is -3.02. The van der Waals surface area contributed by atoms with E-state index in [1.165, 1.54) is 35.4 Å². The fraction of sp³-hybridized carbons (Fsp3) is 0.875. The van der Waals surface area contributed by atoms with Crippen LogP contribution in [0.2, 0.25) is 0 Å². The van der Waals surface area contributed by atoms with Crippen LogP contribution in [0.25, 0.3) is 0 Å². The molecule has 15 heteroatoms. The first-order valence-corrected chi connectivity index (χ1v) is 12.6. The second-order valence-corrected chi connectivity index (χ2v) is 9.32. The molecule has 2 saturated heterocycles. The van der Waals surface area contributed by atoms with Gasteiger partial charge >= 0.3 is 11.9 Å². The van der Waals surface area contributed by atoms with Crippen molar-refractivity contribution in [3.05, 3.63) is 0 Å². The number of nitrogens with one attached hydrogen (secondary N) is 1. The van der Waals surface area contributed by atoms with Gasteiger partial charge in [0.05, 0.1) is 45.6 Å². The van der Waals surface area contributed by atoms with Gasteiger partial charge in [-0.1, -0.05) is 0 Å². The molecule has 2 aliphatic heterocycles. The van der Waals surface area contributed by atoms with Crippen molar-refractivity contribution in [1.29, 1.82) is 0 Å². The molecule has 0 aromatic rings. The fourth-order valence-corrected chi connectivity index (χ4v) is 4.89. The molecule has 2 fully saturated rings. The molecule has 0 aromatic heterocycles. The highest BCUT2D eigenvalue weighted by Crippen LogP contribution is 2.32. The van der Waals surface area contributed by atoms with E-state index in [1.807, 2.05) is 0 Å². The number of hydrogen-bond acceptors (Lipinski definition) is 14. The lowest BCUT2D eigenvalue weighted by molar-refractivity contribution is -0.243. The summed E-state index contributed by atoms with van der Waals surface area (Å²) in [5, 5.41) is 24.5. The number of aliphatic hydroxyl groups excluding tert-OH is 2. The Morgan fingerprint density at radius 3 is 2.00 bits per heavy atom. The highest BCUT2D eigenvalue weighted by Gasteiger charge is 2.51. The average Bonchev–Trinajstić information content (AvgIpc) is 2.91. The fourth-order valence-electron chi connectivity index (χ4n) is 4.89. The highest BCUT2D eigenvalue weighted by atomic mass is 16.6. The Morgan fingerprint density at radius 1 is 0.846 bits per heavy atom. The van der Waals surface area contributed by atoms with E-state index in [4.69, 9.17) is 43.6 Å². The molecule has 2 heterocycles. The Balaban J connectivity index is 2.22. The summed E-state index contributed by atoms with van der Waals surface area (Å²) in [5.74, 6) is -3.50. The largest absolute Gasteiger partial charge is 0.467 e. The molecular formula is C24H42N2O13. The monoisotopic (exact) mass is 566 g/mol. The molecule has 15 nitrogen and oxygen atoms in total. The van der Waals surface area contributed by atoms with Crippen LogP contribution in [-0.4, -0.2) is 145 Å². The van der Waals surface area contributed by atoms with Crippen LogP contribution in [0, 0.1) is 11.8 Å². The van der Waals surface area contributed by atoms with E-state index in [-0.39, 0.29) is 39.5 Å². The second kappa shape index (κ2) is 16.3. The van der Waals surface area contributed by atoms with Gasteiger partial charge < -0.3 is 59.2 Å². The Labute approximate surface area is 227 Å². The Kier molecular flexibility index (Phi) is 13.9. The number of ether oxygens (including phenoxy) is 8. The minimum atomic E-state index is -1.38. The number of nitrogens with two attached hydrogens (primary N) is 1. The summed E-state index contributed by atoms with van der Waals surface area (Å²) >= 11 is 0. The third-order valence-corrected chi connectivity index (χ3v) is 6.69. The molecule has 226 valence electrons. The van der Waals surface area contributed by atoms with Crippen molar-refractivity contribution < 1.29 is 62.5 Å². The number of methoxy groups -OCH3 is 4. The van der Waals surface area contributed by atoms with Crippen molar-refractivity contribution in [3.63, 3.8) is 0 Å². The zero-order valence-electron chi connectivity index (χ0n) is 23.0. The molecule has 0 aromatic carbocycles. The Bertz CT molecular complexity index is 787. The van der Waals surface area contributed by atoms with E-state index in [0.717, 1.165) is 0 Å². The van der Waals surface area contributed by atoms with E-state index in [1.54, 1.807) is 0 Å². The molecule has 10 unspecified atom stereocenters. The molecule has 2 rings (SSSR count). The number of hydrogen-bond donors (Lipinski definition) is 4. The van der Waals surface area contributed by atoms with Gasteiger partial charge in [-0.25, -0.2) is 4.79 Å². The van der Waals surface area contributed by atoms with Crippen molar-refractivity contribution in [2.75, 3.05) is 68.0 Å². The molecule has 39 heavy (non-hydrogen) atoms. The number of carbonyl (C=O) groups is 3. The molecular weight excluding hydrogens is 524 g/mol. The SMILES string of the molecule is COCC1OC(C(=O)NCCN)C(COCC2OC(C(=O)OC)C(COC)C(OC(C)=O)C2O)C(OC)C1O. The van der Waals surface area contributed by atoms with Gasteiger partial charge in [0.1, 0.15) is 36.6 Å². The summed E-state index contributed by atoms with van der Waals surface area (Å²) in [7, 11) is 5.40. The number of aliphatic hydroxyl groups is 2. The Hall–Kier alpha value is -1.95. The molecule has 2 aliphatic rings. The lowest BCUT2D eigenvalue weighted by Gasteiger charge is -2.44. The molecule has 0 aliphatic carbocycles. The van der Waals surface area contributed by atoms with Crippen LogP contribution in [0.15, 0.2) is 0 Å². The zero-order valence-corrected chi connectivity index (χ0v) is 23.0. The first kappa shape index (κ1) is 33.3. The van der Waals surface area contributed by atoms with Gasteiger partial charge in [-0.05, 0) is 0 Å². The molecule has 0 radical (unpaired) electrons. The van der Waals surface area contributed by atoms with Gasteiger partial charge in [0.25, 0.3) is 0 Å². The first-order valence-electron chi connectivity index (χ1n) is 12.6. The van der Waals surface area contributed by atoms with Crippen LogP contribution in [0.5, 0.6) is 0 Å². The normalized spacial score (nSPS) is 34.8. The lowest BCUT2D eigenvalue weighted by atomic mass is 9.86. The van der Waals surface area contributed by atoms with Crippen LogP contribution in [-0.2, 0) is 52.3 Å². The highest BCUT2D eigenvalue weighted by molar-refractivity contribution is 5.81. The minimum Gasteiger partial charge on any atom is -0.467 e. The molecule has 0 bridgehead atoms. The Morgan fingerprint density at radius 2 is 1.44 bits per heavy atom. The first-order chi connectivity index (χ1) is 18.6. The third-order valence-electron chi connectivity index (χ3n) is 6.69. The van der Waals surface area contributed by atoms with Gasteiger partial charge in [0.2, 0.25) is 5.91 Å². The van der Waals surface area contributed by atoms with Crippen LogP contribution in [0.4, 0.5) is 0 Å². The van der Waals surface area contributed by atoms with E-state index in [2.05, 4.69) is 5.32 Å². The van der Waals surface area contributed by atoms with Crippen LogP contribution >= 0.6 is 0 Å². The topological polar surface area (TPSA) is 204 Å². The van der Waals surface area contributed by atoms with Crippen LogP contribution < -0.4 is 11.1 Å². The van der Waals surface area contributed by atoms with Crippen molar-refractivity contribution in [1.82, 2.24) is 5.32 Å². The maximum Gasteiger partial charge on any atom is 0.335 e. The van der Waals surface area contributed by atoms with Crippen molar-refractivity contribution >= 4 is 17.8 Å². The van der Waals surface area contributed by atoms with Gasteiger partial charge in [0, 0.05) is 47.3 Å². The molecule has 5 N–H and O–H groups in total. The number of rotatable bonds is 14. The summed E-state index contributed by atoms with van der Waals surface area (Å²) in [6, 6.07) is 0. The van der Waals surface area contributed by atoms with Crippen LogP contribution in [0.3, 0.4) is 0 Å². The van der Waals surface area contributed by atoms with Gasteiger partial charge in [-0.3, -0.25) is 9.59 Å². The summed E-state index contributed by atoms with van der Waals surface area (Å²) in [4.78, 5) is 37.1. The standard InChI is InChI=1S/C24H42N2O13/c1-12(27)37-20-13(8-32-2)22(24(31)35-5)39-16(18(20)29)11-36-9-14-19(34-4)17(28)15(10-33-3)38-21(14)23(30)26-7-6-25/h13-22,28-29H,6-11,25H2,1-5H3,(H,26,30). The summed E-state index contributed by atoms with van der Waals surface area (Å²) < 4.78 is 43.5. The van der Waals surface area contributed by atoms with Crippen molar-refractivity contribution in [3.8, 4) is 0 Å². The van der Waals surface area contributed by atoms with Crippen molar-refractivity contribution in [2.24, 2.45) is 17.6 Å². The number of amides is 1. The van der Waals surface area contributed by atoms with E-state index in [0.29, 0.717) is 0 Å². The minimum absolute atomic E-state index is 0.0203. The zero-order chi connectivity index (χ0) is 29.1. The van der Waals surface area contributed by atoms with E-state index >= 15 is 0 Å². The summed E-state index contributed by atoms with van der Waals surface area (Å²) in [5.41, 5.74) is 5.51. The maximum absolute atomic E-state index is 12.9. The molecule has 10 atom stereocenters. The predicted molar refractivity (Wildman–Crippen MR) is 131 cm³/mol. The molecule has 1 amide bonds. The van der Waals surface area contributed by atoms with Gasteiger partial charge in [-0.15, -0.1) is 0 Å². The smallest absolute Gasteiger partial charge is 0.335 e. The molecule has 0 saturated carbocycles. The molecule has 0 spiro atoms. The quantitative estimate of drug-likeness (QED) is 0.155. The lowest BCUT2D eigenvalue weighted by Crippen LogP contribution is -2.62. The van der Waals surface area contributed by atoms with Gasteiger partial charge in [-0.2, -0.15) is 0 Å². The van der Waals surface area contributed by atoms with E-state index < -0.39 is 78.5 Å². The third kappa shape index (κ3) is 8.52. The summed E-state index contributed by atoms with van der Waals surface area (Å²) in [6.07, 6.45) is -8.78. The number of carbonyl (C=O) groups excluding carboxylic acids is 3. The summed E-state index contributed by atoms with van der Waals surface area (Å²) in [6.45, 7) is 1.13.